The molecule has 3 heterocycles. The van der Waals surface area contributed by atoms with Gasteiger partial charge in [0.15, 0.2) is 5.82 Å². The van der Waals surface area contributed by atoms with Crippen LogP contribution in [0.3, 0.4) is 0 Å². The monoisotopic (exact) mass is 375 g/mol. The SMILES string of the molecule is CC(C)CC(C)OCCc1nc(-c2ncc[nH]2)nn1C(C)C1CCOCC1. The maximum absolute atomic E-state index is 6.01. The number of H-pyrrole nitrogens is 1. The van der Waals surface area contributed by atoms with Gasteiger partial charge < -0.3 is 14.5 Å². The van der Waals surface area contributed by atoms with Gasteiger partial charge in [-0.3, -0.25) is 0 Å². The van der Waals surface area contributed by atoms with Gasteiger partial charge in [-0.2, -0.15) is 0 Å². The molecule has 2 atom stereocenters. The Hall–Kier alpha value is -1.73. The molecule has 0 amide bonds. The van der Waals surface area contributed by atoms with Gasteiger partial charge in [-0.05, 0) is 44.9 Å². The Kier molecular flexibility index (Phi) is 7.01. The molecule has 2 unspecified atom stereocenters. The molecule has 0 spiro atoms. The number of imidazole rings is 1. The van der Waals surface area contributed by atoms with Crippen molar-refractivity contribution in [1.82, 2.24) is 24.7 Å². The fourth-order valence-corrected chi connectivity index (χ4v) is 3.82. The Bertz CT molecular complexity index is 677. The van der Waals surface area contributed by atoms with E-state index in [1.807, 2.05) is 0 Å². The lowest BCUT2D eigenvalue weighted by atomic mass is 9.93. The highest BCUT2D eigenvalue weighted by atomic mass is 16.5. The molecule has 1 fully saturated rings. The van der Waals surface area contributed by atoms with Crippen LogP contribution in [0, 0.1) is 11.8 Å². The Morgan fingerprint density at radius 3 is 2.70 bits per heavy atom. The van der Waals surface area contributed by atoms with Gasteiger partial charge >= 0.3 is 0 Å². The zero-order valence-corrected chi connectivity index (χ0v) is 17.0. The first-order chi connectivity index (χ1) is 13.0. The molecular formula is C20H33N5O2. The second kappa shape index (κ2) is 9.46. The normalized spacial score (nSPS) is 18.1. The van der Waals surface area contributed by atoms with Crippen molar-refractivity contribution in [3.63, 3.8) is 0 Å². The summed E-state index contributed by atoms with van der Waals surface area (Å²) in [6.07, 6.45) is 7.75. The number of aromatic amines is 1. The second-order valence-corrected chi connectivity index (χ2v) is 7.99. The van der Waals surface area contributed by atoms with E-state index in [2.05, 4.69) is 42.3 Å². The number of ether oxygens (including phenoxy) is 2. The van der Waals surface area contributed by atoms with Crippen LogP contribution < -0.4 is 0 Å². The van der Waals surface area contributed by atoms with Crippen molar-refractivity contribution in [3.8, 4) is 11.6 Å². The largest absolute Gasteiger partial charge is 0.381 e. The van der Waals surface area contributed by atoms with E-state index < -0.39 is 0 Å². The Morgan fingerprint density at radius 2 is 2.04 bits per heavy atom. The van der Waals surface area contributed by atoms with Gasteiger partial charge in [-0.25, -0.2) is 14.6 Å². The average Bonchev–Trinajstić information content (AvgIpc) is 3.31. The Labute approximate surface area is 161 Å². The summed E-state index contributed by atoms with van der Waals surface area (Å²) in [5.74, 6) is 3.54. The fraction of sp³-hybridized carbons (Fsp3) is 0.750. The molecule has 150 valence electrons. The summed E-state index contributed by atoms with van der Waals surface area (Å²) in [6.45, 7) is 11.2. The quantitative estimate of drug-likeness (QED) is 0.724. The third-order valence-electron chi connectivity index (χ3n) is 5.28. The summed E-state index contributed by atoms with van der Waals surface area (Å²) in [5, 5.41) is 4.79. The van der Waals surface area contributed by atoms with Crippen molar-refractivity contribution < 1.29 is 9.47 Å². The lowest BCUT2D eigenvalue weighted by Gasteiger charge is -2.28. The minimum absolute atomic E-state index is 0.263. The summed E-state index contributed by atoms with van der Waals surface area (Å²) >= 11 is 0. The molecule has 3 rings (SSSR count). The van der Waals surface area contributed by atoms with E-state index >= 15 is 0 Å². The number of rotatable bonds is 9. The minimum atomic E-state index is 0.263. The molecule has 0 bridgehead atoms. The van der Waals surface area contributed by atoms with Crippen LogP contribution in [0.4, 0.5) is 0 Å². The highest BCUT2D eigenvalue weighted by molar-refractivity contribution is 5.41. The van der Waals surface area contributed by atoms with Crippen LogP contribution in [-0.2, 0) is 15.9 Å². The summed E-state index contributed by atoms with van der Waals surface area (Å²) in [5.41, 5.74) is 0. The third kappa shape index (κ3) is 5.39. The number of nitrogens with zero attached hydrogens (tertiary/aromatic N) is 4. The molecule has 0 radical (unpaired) electrons. The first-order valence-electron chi connectivity index (χ1n) is 10.2. The van der Waals surface area contributed by atoms with E-state index in [9.17, 15) is 0 Å². The maximum Gasteiger partial charge on any atom is 0.217 e. The van der Waals surface area contributed by atoms with E-state index in [0.717, 1.165) is 44.7 Å². The molecule has 0 saturated carbocycles. The third-order valence-corrected chi connectivity index (χ3v) is 5.28. The molecule has 0 aromatic carbocycles. The Balaban J connectivity index is 1.72. The molecule has 1 saturated heterocycles. The lowest BCUT2D eigenvalue weighted by molar-refractivity contribution is 0.0453. The van der Waals surface area contributed by atoms with E-state index in [0.29, 0.717) is 30.1 Å². The number of nitrogens with one attached hydrogen (secondary N) is 1. The lowest BCUT2D eigenvalue weighted by Crippen LogP contribution is -2.26. The van der Waals surface area contributed by atoms with Gasteiger partial charge in [0.25, 0.3) is 0 Å². The van der Waals surface area contributed by atoms with Crippen LogP contribution in [0.2, 0.25) is 0 Å². The molecule has 27 heavy (non-hydrogen) atoms. The summed E-state index contributed by atoms with van der Waals surface area (Å²) in [7, 11) is 0. The predicted molar refractivity (Wildman–Crippen MR) is 104 cm³/mol. The zero-order chi connectivity index (χ0) is 19.2. The van der Waals surface area contributed by atoms with Crippen molar-refractivity contribution in [1.29, 1.82) is 0 Å². The summed E-state index contributed by atoms with van der Waals surface area (Å²) in [6, 6.07) is 0.285. The molecule has 1 aliphatic rings. The van der Waals surface area contributed by atoms with Crippen molar-refractivity contribution in [2.75, 3.05) is 19.8 Å². The molecular weight excluding hydrogens is 342 g/mol. The van der Waals surface area contributed by atoms with Crippen molar-refractivity contribution in [3.05, 3.63) is 18.2 Å². The number of aromatic nitrogens is 5. The van der Waals surface area contributed by atoms with Crippen LogP contribution in [0.15, 0.2) is 12.4 Å². The van der Waals surface area contributed by atoms with Gasteiger partial charge in [0.2, 0.25) is 5.82 Å². The first-order valence-corrected chi connectivity index (χ1v) is 10.2. The van der Waals surface area contributed by atoms with Crippen molar-refractivity contribution in [2.45, 2.75) is 65.5 Å². The highest BCUT2D eigenvalue weighted by Crippen LogP contribution is 2.28. The van der Waals surface area contributed by atoms with Crippen molar-refractivity contribution in [2.24, 2.45) is 11.8 Å². The average molecular weight is 376 g/mol. The highest BCUT2D eigenvalue weighted by Gasteiger charge is 2.26. The van der Waals surface area contributed by atoms with Gasteiger partial charge in [0.05, 0.1) is 18.8 Å². The molecule has 1 aliphatic heterocycles. The summed E-state index contributed by atoms with van der Waals surface area (Å²) in [4.78, 5) is 12.2. The zero-order valence-electron chi connectivity index (χ0n) is 17.0. The van der Waals surface area contributed by atoms with Crippen molar-refractivity contribution >= 4 is 0 Å². The minimum Gasteiger partial charge on any atom is -0.381 e. The van der Waals surface area contributed by atoms with Crippen LogP contribution in [0.5, 0.6) is 0 Å². The fourth-order valence-electron chi connectivity index (χ4n) is 3.82. The van der Waals surface area contributed by atoms with Crippen LogP contribution in [0.1, 0.15) is 58.8 Å². The van der Waals surface area contributed by atoms with Gasteiger partial charge in [-0.15, -0.1) is 5.10 Å². The van der Waals surface area contributed by atoms with E-state index in [1.54, 1.807) is 12.4 Å². The maximum atomic E-state index is 6.01. The number of hydrogen-bond donors (Lipinski definition) is 1. The van der Waals surface area contributed by atoms with E-state index in [-0.39, 0.29) is 12.1 Å². The van der Waals surface area contributed by atoms with Crippen LogP contribution in [0.25, 0.3) is 11.6 Å². The van der Waals surface area contributed by atoms with Crippen LogP contribution in [-0.4, -0.2) is 50.7 Å². The van der Waals surface area contributed by atoms with Gasteiger partial charge in [0.1, 0.15) is 5.82 Å². The molecule has 1 N–H and O–H groups in total. The summed E-state index contributed by atoms with van der Waals surface area (Å²) < 4.78 is 13.6. The van der Waals surface area contributed by atoms with Gasteiger partial charge in [0, 0.05) is 32.0 Å². The smallest absolute Gasteiger partial charge is 0.217 e. The van der Waals surface area contributed by atoms with Crippen LogP contribution >= 0.6 is 0 Å². The standard InChI is InChI=1S/C20H33N5O2/c1-14(2)13-15(3)27-12-7-18-23-20(19-21-8-9-22-19)24-25(18)16(4)17-5-10-26-11-6-17/h8-9,14-17H,5-7,10-13H2,1-4H3,(H,21,22). The molecule has 2 aromatic heterocycles. The van der Waals surface area contributed by atoms with Gasteiger partial charge in [-0.1, -0.05) is 13.8 Å². The molecule has 7 heteroatoms. The molecule has 2 aromatic rings. The first kappa shape index (κ1) is 20.0. The molecule has 7 nitrogen and oxygen atoms in total. The molecule has 0 aliphatic carbocycles. The van der Waals surface area contributed by atoms with E-state index in [1.165, 1.54) is 0 Å². The topological polar surface area (TPSA) is 77.9 Å². The number of hydrogen-bond acceptors (Lipinski definition) is 5. The Morgan fingerprint density at radius 1 is 1.26 bits per heavy atom. The second-order valence-electron chi connectivity index (χ2n) is 7.99. The predicted octanol–water partition coefficient (Wildman–Crippen LogP) is 3.65. The van der Waals surface area contributed by atoms with E-state index in [4.69, 9.17) is 19.6 Å².